The molecule has 162 valence electrons. The van der Waals surface area contributed by atoms with Gasteiger partial charge in [0.05, 0.1) is 5.92 Å². The monoisotopic (exact) mass is 419 g/mol. The van der Waals surface area contributed by atoms with Crippen LogP contribution in [0.3, 0.4) is 0 Å². The molecule has 2 fully saturated rings. The van der Waals surface area contributed by atoms with Gasteiger partial charge in [-0.3, -0.25) is 4.79 Å². The van der Waals surface area contributed by atoms with Crippen molar-refractivity contribution in [2.24, 2.45) is 5.92 Å². The summed E-state index contributed by atoms with van der Waals surface area (Å²) in [5.41, 5.74) is 3.25. The van der Waals surface area contributed by atoms with Gasteiger partial charge >= 0.3 is 0 Å². The number of piperazine rings is 1. The van der Waals surface area contributed by atoms with Crippen LogP contribution >= 0.6 is 0 Å². The predicted octanol–water partition coefficient (Wildman–Crippen LogP) is 2.39. The van der Waals surface area contributed by atoms with Crippen LogP contribution in [-0.4, -0.2) is 69.4 Å². The lowest BCUT2D eigenvalue weighted by molar-refractivity contribution is -0.136. The van der Waals surface area contributed by atoms with Crippen molar-refractivity contribution in [3.63, 3.8) is 0 Å². The highest BCUT2D eigenvalue weighted by Crippen LogP contribution is 2.26. The molecule has 8 heteroatoms. The number of hydrogen-bond acceptors (Lipinski definition) is 6. The highest BCUT2D eigenvalue weighted by molar-refractivity contribution is 5.80. The maximum atomic E-state index is 13.4. The number of rotatable bonds is 3. The van der Waals surface area contributed by atoms with Crippen molar-refractivity contribution in [3.05, 3.63) is 48.3 Å². The minimum Gasteiger partial charge on any atom is -0.365 e. The number of fused-ring (bicyclic) bond motifs is 1. The summed E-state index contributed by atoms with van der Waals surface area (Å²) < 4.78 is 1.69. The standard InChI is InChI=1S/C23H29N7O/c1-17-5-3-7-20(13-17)29-12-11-28(14-18(29)2)23(31)19-6-4-10-27(15-19)22-9-8-21-25-24-16-30(21)26-22/h3,5,7-9,13,16,18-19H,4,6,10-12,14-15H2,1-2H3. The van der Waals surface area contributed by atoms with E-state index in [0.717, 1.165) is 50.5 Å². The largest absolute Gasteiger partial charge is 0.365 e. The van der Waals surface area contributed by atoms with Crippen molar-refractivity contribution in [2.75, 3.05) is 42.5 Å². The predicted molar refractivity (Wildman–Crippen MR) is 120 cm³/mol. The third-order valence-electron chi connectivity index (χ3n) is 6.51. The fraction of sp³-hybridized carbons (Fsp3) is 0.478. The summed E-state index contributed by atoms with van der Waals surface area (Å²) in [6.07, 6.45) is 3.55. The van der Waals surface area contributed by atoms with Gasteiger partial charge in [-0.15, -0.1) is 15.3 Å². The van der Waals surface area contributed by atoms with Crippen LogP contribution in [0.1, 0.15) is 25.3 Å². The van der Waals surface area contributed by atoms with E-state index in [2.05, 4.69) is 68.1 Å². The Bertz CT molecular complexity index is 1080. The van der Waals surface area contributed by atoms with Gasteiger partial charge in [-0.25, -0.2) is 0 Å². The maximum Gasteiger partial charge on any atom is 0.227 e. The Hall–Kier alpha value is -3.16. The second kappa shape index (κ2) is 8.17. The van der Waals surface area contributed by atoms with Crippen molar-refractivity contribution in [2.45, 2.75) is 32.7 Å². The molecule has 2 saturated heterocycles. The van der Waals surface area contributed by atoms with Gasteiger partial charge in [-0.2, -0.15) is 4.52 Å². The number of aromatic nitrogens is 4. The topological polar surface area (TPSA) is 69.9 Å². The molecule has 4 heterocycles. The van der Waals surface area contributed by atoms with Crippen molar-refractivity contribution < 1.29 is 4.79 Å². The van der Waals surface area contributed by atoms with Gasteiger partial charge in [-0.05, 0) is 56.5 Å². The van der Waals surface area contributed by atoms with E-state index in [1.807, 2.05) is 12.1 Å². The second-order valence-corrected chi connectivity index (χ2v) is 8.78. The second-order valence-electron chi connectivity index (χ2n) is 8.78. The third kappa shape index (κ3) is 3.94. The summed E-state index contributed by atoms with van der Waals surface area (Å²) in [6.45, 7) is 8.39. The third-order valence-corrected chi connectivity index (χ3v) is 6.51. The van der Waals surface area contributed by atoms with Crippen LogP contribution in [0.2, 0.25) is 0 Å². The highest BCUT2D eigenvalue weighted by Gasteiger charge is 2.33. The van der Waals surface area contributed by atoms with Gasteiger partial charge in [0.15, 0.2) is 5.65 Å². The Balaban J connectivity index is 1.24. The van der Waals surface area contributed by atoms with E-state index in [-0.39, 0.29) is 11.8 Å². The molecule has 1 amide bonds. The molecule has 0 bridgehead atoms. The molecular weight excluding hydrogens is 390 g/mol. The summed E-state index contributed by atoms with van der Waals surface area (Å²) in [6, 6.07) is 12.8. The van der Waals surface area contributed by atoms with Crippen LogP contribution in [0, 0.1) is 12.8 Å². The molecule has 0 N–H and O–H groups in total. The first-order valence-electron chi connectivity index (χ1n) is 11.1. The number of piperidine rings is 1. The molecule has 2 unspecified atom stereocenters. The van der Waals surface area contributed by atoms with Crippen LogP contribution in [0.5, 0.6) is 0 Å². The molecule has 2 aliphatic rings. The fourth-order valence-electron chi connectivity index (χ4n) is 4.88. The first kappa shape index (κ1) is 19.8. The summed E-state index contributed by atoms with van der Waals surface area (Å²) >= 11 is 0. The molecule has 0 aliphatic carbocycles. The van der Waals surface area contributed by atoms with Crippen molar-refractivity contribution in [1.82, 2.24) is 24.7 Å². The highest BCUT2D eigenvalue weighted by atomic mass is 16.2. The van der Waals surface area contributed by atoms with Crippen molar-refractivity contribution in [3.8, 4) is 0 Å². The number of benzene rings is 1. The molecule has 2 atom stereocenters. The van der Waals surface area contributed by atoms with Gasteiger partial charge in [-0.1, -0.05) is 12.1 Å². The van der Waals surface area contributed by atoms with Crippen molar-refractivity contribution >= 4 is 23.1 Å². The molecule has 3 aromatic rings. The van der Waals surface area contributed by atoms with Crippen molar-refractivity contribution in [1.29, 1.82) is 0 Å². The quantitative estimate of drug-likeness (QED) is 0.649. The van der Waals surface area contributed by atoms with Gasteiger partial charge in [0.1, 0.15) is 12.1 Å². The average molecular weight is 420 g/mol. The Kier molecular flexibility index (Phi) is 5.21. The molecule has 1 aromatic carbocycles. The van der Waals surface area contributed by atoms with Gasteiger partial charge in [0, 0.05) is 44.5 Å². The molecule has 8 nitrogen and oxygen atoms in total. The van der Waals surface area contributed by atoms with E-state index in [1.54, 1.807) is 10.8 Å². The average Bonchev–Trinajstić information content (AvgIpc) is 3.26. The molecule has 2 aromatic heterocycles. The minimum atomic E-state index is 0.0184. The molecule has 5 rings (SSSR count). The SMILES string of the molecule is Cc1cccc(N2CCN(C(=O)C3CCCN(c4ccc5nncn5n4)C3)CC2C)c1. The molecule has 0 saturated carbocycles. The van der Waals surface area contributed by atoms with Gasteiger partial charge in [0.25, 0.3) is 0 Å². The fourth-order valence-corrected chi connectivity index (χ4v) is 4.88. The number of aryl methyl sites for hydroxylation is 1. The first-order chi connectivity index (χ1) is 15.1. The van der Waals surface area contributed by atoms with E-state index in [4.69, 9.17) is 0 Å². The van der Waals surface area contributed by atoms with E-state index >= 15 is 0 Å². The molecule has 0 spiro atoms. The zero-order chi connectivity index (χ0) is 21.4. The Morgan fingerprint density at radius 1 is 1.10 bits per heavy atom. The van der Waals surface area contributed by atoms with Gasteiger partial charge < -0.3 is 14.7 Å². The van der Waals surface area contributed by atoms with Crippen LogP contribution in [0.25, 0.3) is 5.65 Å². The summed E-state index contributed by atoms with van der Waals surface area (Å²) in [5.74, 6) is 1.18. The lowest BCUT2D eigenvalue weighted by Gasteiger charge is -2.43. The van der Waals surface area contributed by atoms with E-state index in [0.29, 0.717) is 12.6 Å². The zero-order valence-electron chi connectivity index (χ0n) is 18.2. The molecule has 0 radical (unpaired) electrons. The van der Waals surface area contributed by atoms with Crippen LogP contribution in [0.4, 0.5) is 11.5 Å². The number of amides is 1. The Morgan fingerprint density at radius 2 is 2.00 bits per heavy atom. The number of carbonyl (C=O) groups is 1. The van der Waals surface area contributed by atoms with Crippen LogP contribution in [0.15, 0.2) is 42.7 Å². The minimum absolute atomic E-state index is 0.0184. The maximum absolute atomic E-state index is 13.4. The number of hydrogen-bond donors (Lipinski definition) is 0. The molecule has 2 aliphatic heterocycles. The zero-order valence-corrected chi connectivity index (χ0v) is 18.2. The normalized spacial score (nSPS) is 22.2. The van der Waals surface area contributed by atoms with E-state index < -0.39 is 0 Å². The summed E-state index contributed by atoms with van der Waals surface area (Å²) in [5, 5.41) is 12.5. The molecule has 31 heavy (non-hydrogen) atoms. The number of carbonyl (C=O) groups excluding carboxylic acids is 1. The van der Waals surface area contributed by atoms with E-state index in [9.17, 15) is 4.79 Å². The summed E-state index contributed by atoms with van der Waals surface area (Å²) in [7, 11) is 0. The Morgan fingerprint density at radius 3 is 2.84 bits per heavy atom. The first-order valence-corrected chi connectivity index (χ1v) is 11.1. The lowest BCUT2D eigenvalue weighted by atomic mass is 9.95. The van der Waals surface area contributed by atoms with Crippen LogP contribution < -0.4 is 9.80 Å². The molecular formula is C23H29N7O. The smallest absolute Gasteiger partial charge is 0.227 e. The van der Waals surface area contributed by atoms with E-state index in [1.165, 1.54) is 11.3 Å². The lowest BCUT2D eigenvalue weighted by Crippen LogP contribution is -2.56. The van der Waals surface area contributed by atoms with Crippen LogP contribution in [-0.2, 0) is 4.79 Å². The van der Waals surface area contributed by atoms with Gasteiger partial charge in [0.2, 0.25) is 5.91 Å². The number of anilines is 2. The summed E-state index contributed by atoms with van der Waals surface area (Å²) in [4.78, 5) is 20.1. The Labute approximate surface area is 182 Å². The number of nitrogens with zero attached hydrogens (tertiary/aromatic N) is 7.